The van der Waals surface area contributed by atoms with Crippen LogP contribution in [0.3, 0.4) is 0 Å². The molecule has 0 fully saturated rings. The molecule has 94 valence electrons. The lowest BCUT2D eigenvalue weighted by Crippen LogP contribution is -2.06. The second-order valence-electron chi connectivity index (χ2n) is 3.79. The number of aromatic nitrogens is 3. The van der Waals surface area contributed by atoms with Gasteiger partial charge in [-0.25, -0.2) is 9.97 Å². The van der Waals surface area contributed by atoms with E-state index < -0.39 is 0 Å². The molecule has 0 aliphatic rings. The third-order valence-corrected chi connectivity index (χ3v) is 3.36. The average Bonchev–Trinajstić information content (AvgIpc) is 2.39. The van der Waals surface area contributed by atoms with Gasteiger partial charge in [-0.3, -0.25) is 4.98 Å². The Morgan fingerprint density at radius 1 is 1.28 bits per heavy atom. The largest absolute Gasteiger partial charge is 0.372 e. The van der Waals surface area contributed by atoms with Gasteiger partial charge in [0.15, 0.2) is 0 Å². The molecule has 2 N–H and O–H groups in total. The zero-order valence-electron chi connectivity index (χ0n) is 10.2. The smallest absolute Gasteiger partial charge is 0.146 e. The predicted molar refractivity (Wildman–Crippen MR) is 75.6 cm³/mol. The summed E-state index contributed by atoms with van der Waals surface area (Å²) in [6, 6.07) is 2.00. The van der Waals surface area contributed by atoms with E-state index in [1.54, 1.807) is 6.20 Å². The Bertz CT molecular complexity index is 544. The number of halogens is 1. The number of nitrogens with zero attached hydrogens (tertiary/aromatic N) is 3. The fourth-order valence-corrected chi connectivity index (χ4v) is 2.09. The molecule has 0 spiro atoms. The molecule has 0 amide bonds. The minimum atomic E-state index is 0.702. The third kappa shape index (κ3) is 2.76. The van der Waals surface area contributed by atoms with Crippen LogP contribution >= 0.6 is 15.9 Å². The van der Waals surface area contributed by atoms with Crippen LogP contribution in [-0.2, 0) is 6.54 Å². The van der Waals surface area contributed by atoms with Gasteiger partial charge in [-0.15, -0.1) is 0 Å². The SMILES string of the molecule is CNc1ncnc(NCc2ccncc2C)c1Br. The maximum atomic E-state index is 4.21. The Morgan fingerprint density at radius 2 is 2.06 bits per heavy atom. The minimum Gasteiger partial charge on any atom is -0.372 e. The first-order valence-electron chi connectivity index (χ1n) is 5.54. The Morgan fingerprint density at radius 3 is 2.78 bits per heavy atom. The number of nitrogens with one attached hydrogen (secondary N) is 2. The maximum Gasteiger partial charge on any atom is 0.146 e. The summed E-state index contributed by atoms with van der Waals surface area (Å²) in [7, 11) is 1.82. The molecule has 0 unspecified atom stereocenters. The lowest BCUT2D eigenvalue weighted by molar-refractivity contribution is 1.05. The minimum absolute atomic E-state index is 0.702. The van der Waals surface area contributed by atoms with E-state index >= 15 is 0 Å². The summed E-state index contributed by atoms with van der Waals surface area (Å²) < 4.78 is 0.833. The Kier molecular flexibility index (Phi) is 4.09. The van der Waals surface area contributed by atoms with E-state index in [0.717, 1.165) is 21.7 Å². The summed E-state index contributed by atoms with van der Waals surface area (Å²) >= 11 is 3.47. The highest BCUT2D eigenvalue weighted by Gasteiger charge is 2.07. The van der Waals surface area contributed by atoms with E-state index in [4.69, 9.17) is 0 Å². The first-order valence-corrected chi connectivity index (χ1v) is 6.33. The van der Waals surface area contributed by atoms with Crippen molar-refractivity contribution in [3.8, 4) is 0 Å². The zero-order valence-corrected chi connectivity index (χ0v) is 11.8. The zero-order chi connectivity index (χ0) is 13.0. The Balaban J connectivity index is 2.14. The summed E-state index contributed by atoms with van der Waals surface area (Å²) in [6.45, 7) is 2.74. The summed E-state index contributed by atoms with van der Waals surface area (Å²) in [4.78, 5) is 12.4. The van der Waals surface area contributed by atoms with Crippen molar-refractivity contribution in [1.82, 2.24) is 15.0 Å². The van der Waals surface area contributed by atoms with Crippen molar-refractivity contribution < 1.29 is 0 Å². The average molecular weight is 308 g/mol. The number of hydrogen-bond donors (Lipinski definition) is 2. The molecule has 0 aliphatic heterocycles. The van der Waals surface area contributed by atoms with E-state index in [-0.39, 0.29) is 0 Å². The highest BCUT2D eigenvalue weighted by molar-refractivity contribution is 9.10. The van der Waals surface area contributed by atoms with E-state index in [9.17, 15) is 0 Å². The summed E-state index contributed by atoms with van der Waals surface area (Å²) in [5.74, 6) is 1.53. The molecule has 0 saturated heterocycles. The van der Waals surface area contributed by atoms with E-state index in [1.807, 2.05) is 26.2 Å². The van der Waals surface area contributed by atoms with Crippen molar-refractivity contribution in [2.45, 2.75) is 13.5 Å². The van der Waals surface area contributed by atoms with Crippen LogP contribution in [0.2, 0.25) is 0 Å². The molecule has 18 heavy (non-hydrogen) atoms. The first-order chi connectivity index (χ1) is 8.72. The molecule has 0 radical (unpaired) electrons. The molecule has 0 aliphatic carbocycles. The van der Waals surface area contributed by atoms with Crippen LogP contribution in [0.25, 0.3) is 0 Å². The second-order valence-corrected chi connectivity index (χ2v) is 4.58. The standard InChI is InChI=1S/C12H14BrN5/c1-8-5-15-4-3-9(8)6-16-12-10(13)11(14-2)17-7-18-12/h3-5,7H,6H2,1-2H3,(H2,14,16,17,18). The van der Waals surface area contributed by atoms with Crippen LogP contribution in [0.4, 0.5) is 11.6 Å². The number of rotatable bonds is 4. The first kappa shape index (κ1) is 12.8. The van der Waals surface area contributed by atoms with Gasteiger partial charge in [0.25, 0.3) is 0 Å². The Labute approximate surface area is 114 Å². The van der Waals surface area contributed by atoms with E-state index in [1.165, 1.54) is 11.9 Å². The molecule has 0 bridgehead atoms. The van der Waals surface area contributed by atoms with Crippen molar-refractivity contribution in [2.75, 3.05) is 17.7 Å². The predicted octanol–water partition coefficient (Wildman–Crippen LogP) is 2.60. The van der Waals surface area contributed by atoms with Crippen molar-refractivity contribution in [3.05, 3.63) is 40.4 Å². The molecule has 0 saturated carbocycles. The Hall–Kier alpha value is -1.69. The third-order valence-electron chi connectivity index (χ3n) is 2.61. The van der Waals surface area contributed by atoms with Crippen LogP contribution in [0.15, 0.2) is 29.3 Å². The topological polar surface area (TPSA) is 62.7 Å². The van der Waals surface area contributed by atoms with Crippen molar-refractivity contribution in [1.29, 1.82) is 0 Å². The van der Waals surface area contributed by atoms with Gasteiger partial charge in [-0.05, 0) is 40.0 Å². The number of anilines is 2. The van der Waals surface area contributed by atoms with Gasteiger partial charge in [-0.2, -0.15) is 0 Å². The molecule has 2 rings (SSSR count). The fourth-order valence-electron chi connectivity index (χ4n) is 1.55. The molecular weight excluding hydrogens is 294 g/mol. The van der Waals surface area contributed by atoms with Gasteiger partial charge < -0.3 is 10.6 Å². The number of pyridine rings is 1. The van der Waals surface area contributed by atoms with Gasteiger partial charge >= 0.3 is 0 Å². The van der Waals surface area contributed by atoms with E-state index in [0.29, 0.717) is 6.54 Å². The molecule has 6 heteroatoms. The van der Waals surface area contributed by atoms with Crippen LogP contribution in [0.1, 0.15) is 11.1 Å². The quantitative estimate of drug-likeness (QED) is 0.909. The van der Waals surface area contributed by atoms with Gasteiger partial charge in [-0.1, -0.05) is 0 Å². The summed E-state index contributed by atoms with van der Waals surface area (Å²) in [6.07, 6.45) is 5.17. The van der Waals surface area contributed by atoms with Crippen LogP contribution in [0, 0.1) is 6.92 Å². The molecule has 0 atom stereocenters. The lowest BCUT2D eigenvalue weighted by atomic mass is 10.1. The molecule has 0 aromatic carbocycles. The van der Waals surface area contributed by atoms with Gasteiger partial charge in [0.05, 0.1) is 0 Å². The fraction of sp³-hybridized carbons (Fsp3) is 0.250. The van der Waals surface area contributed by atoms with E-state index in [2.05, 4.69) is 41.5 Å². The summed E-state index contributed by atoms with van der Waals surface area (Å²) in [5, 5.41) is 6.28. The van der Waals surface area contributed by atoms with Crippen molar-refractivity contribution in [2.24, 2.45) is 0 Å². The van der Waals surface area contributed by atoms with Gasteiger partial charge in [0.1, 0.15) is 22.4 Å². The van der Waals surface area contributed by atoms with Crippen LogP contribution in [0.5, 0.6) is 0 Å². The lowest BCUT2D eigenvalue weighted by Gasteiger charge is -2.11. The monoisotopic (exact) mass is 307 g/mol. The van der Waals surface area contributed by atoms with Crippen LogP contribution in [-0.4, -0.2) is 22.0 Å². The van der Waals surface area contributed by atoms with Gasteiger partial charge in [0, 0.05) is 26.0 Å². The maximum absolute atomic E-state index is 4.21. The van der Waals surface area contributed by atoms with Crippen LogP contribution < -0.4 is 10.6 Å². The second kappa shape index (κ2) is 5.77. The highest BCUT2D eigenvalue weighted by atomic mass is 79.9. The summed E-state index contributed by atoms with van der Waals surface area (Å²) in [5.41, 5.74) is 2.35. The molecule has 5 nitrogen and oxygen atoms in total. The number of hydrogen-bond acceptors (Lipinski definition) is 5. The van der Waals surface area contributed by atoms with Crippen molar-refractivity contribution in [3.63, 3.8) is 0 Å². The highest BCUT2D eigenvalue weighted by Crippen LogP contribution is 2.26. The molecular formula is C12H14BrN5. The molecule has 2 aromatic rings. The van der Waals surface area contributed by atoms with Crippen molar-refractivity contribution >= 4 is 27.6 Å². The normalized spacial score (nSPS) is 10.2. The molecule has 2 aromatic heterocycles. The van der Waals surface area contributed by atoms with Gasteiger partial charge in [0.2, 0.25) is 0 Å². The number of aryl methyl sites for hydroxylation is 1. The molecule has 2 heterocycles.